The SMILES string of the molecule is CCCCCCNc1ccc(Cl)cc1C(=O)O. The summed E-state index contributed by atoms with van der Waals surface area (Å²) in [6, 6.07) is 4.88. The molecule has 0 amide bonds. The van der Waals surface area contributed by atoms with Crippen LogP contribution in [0.15, 0.2) is 18.2 Å². The van der Waals surface area contributed by atoms with Crippen LogP contribution in [0.25, 0.3) is 0 Å². The molecule has 0 saturated heterocycles. The third-order valence-corrected chi connectivity index (χ3v) is 2.79. The average molecular weight is 256 g/mol. The predicted octanol–water partition coefficient (Wildman–Crippen LogP) is 4.03. The maximum atomic E-state index is 11.0. The molecular formula is C13H18ClNO2. The fraction of sp³-hybridized carbons (Fsp3) is 0.462. The van der Waals surface area contributed by atoms with E-state index < -0.39 is 5.97 Å². The van der Waals surface area contributed by atoms with Crippen LogP contribution in [-0.2, 0) is 0 Å². The molecule has 2 N–H and O–H groups in total. The quantitative estimate of drug-likeness (QED) is 0.723. The molecule has 0 aromatic heterocycles. The Morgan fingerprint density at radius 2 is 2.12 bits per heavy atom. The van der Waals surface area contributed by atoms with E-state index in [0.29, 0.717) is 10.7 Å². The highest BCUT2D eigenvalue weighted by molar-refractivity contribution is 6.31. The zero-order chi connectivity index (χ0) is 12.7. The summed E-state index contributed by atoms with van der Waals surface area (Å²) in [5.74, 6) is -0.955. The summed E-state index contributed by atoms with van der Waals surface area (Å²) in [4.78, 5) is 11.0. The number of nitrogens with one attached hydrogen (secondary N) is 1. The van der Waals surface area contributed by atoms with Crippen LogP contribution in [0, 0.1) is 0 Å². The van der Waals surface area contributed by atoms with Gasteiger partial charge in [0.2, 0.25) is 0 Å². The molecule has 0 aliphatic rings. The second kappa shape index (κ2) is 7.17. The van der Waals surface area contributed by atoms with Gasteiger partial charge in [0.15, 0.2) is 0 Å². The number of carboxylic acids is 1. The van der Waals surface area contributed by atoms with Crippen molar-refractivity contribution in [1.82, 2.24) is 0 Å². The smallest absolute Gasteiger partial charge is 0.337 e. The zero-order valence-corrected chi connectivity index (χ0v) is 10.8. The molecule has 0 saturated carbocycles. The van der Waals surface area contributed by atoms with Crippen molar-refractivity contribution >= 4 is 23.3 Å². The van der Waals surface area contributed by atoms with Crippen molar-refractivity contribution in [2.24, 2.45) is 0 Å². The lowest BCUT2D eigenvalue weighted by atomic mass is 10.1. The van der Waals surface area contributed by atoms with Gasteiger partial charge in [-0.3, -0.25) is 0 Å². The Labute approximate surface area is 107 Å². The normalized spacial score (nSPS) is 10.2. The van der Waals surface area contributed by atoms with E-state index in [1.54, 1.807) is 12.1 Å². The molecular weight excluding hydrogens is 238 g/mol. The molecule has 0 bridgehead atoms. The monoisotopic (exact) mass is 255 g/mol. The molecule has 17 heavy (non-hydrogen) atoms. The van der Waals surface area contributed by atoms with Gasteiger partial charge in [0.1, 0.15) is 0 Å². The zero-order valence-electron chi connectivity index (χ0n) is 10.0. The van der Waals surface area contributed by atoms with Crippen molar-refractivity contribution in [2.45, 2.75) is 32.6 Å². The van der Waals surface area contributed by atoms with E-state index in [1.165, 1.54) is 25.3 Å². The summed E-state index contributed by atoms with van der Waals surface area (Å²) >= 11 is 5.77. The van der Waals surface area contributed by atoms with Crippen LogP contribution in [0.2, 0.25) is 5.02 Å². The Hall–Kier alpha value is -1.22. The second-order valence-corrected chi connectivity index (χ2v) is 4.42. The first kappa shape index (κ1) is 13.8. The number of rotatable bonds is 7. The number of aromatic carboxylic acids is 1. The highest BCUT2D eigenvalue weighted by Crippen LogP contribution is 2.20. The average Bonchev–Trinajstić information content (AvgIpc) is 2.30. The number of halogens is 1. The molecule has 0 fully saturated rings. The van der Waals surface area contributed by atoms with E-state index in [1.807, 2.05) is 0 Å². The Bertz CT molecular complexity index is 380. The van der Waals surface area contributed by atoms with Crippen molar-refractivity contribution < 1.29 is 9.90 Å². The van der Waals surface area contributed by atoms with Crippen molar-refractivity contribution in [2.75, 3.05) is 11.9 Å². The van der Waals surface area contributed by atoms with E-state index in [9.17, 15) is 4.79 Å². The Morgan fingerprint density at radius 3 is 2.76 bits per heavy atom. The fourth-order valence-corrected chi connectivity index (χ4v) is 1.79. The lowest BCUT2D eigenvalue weighted by Gasteiger charge is -2.09. The number of hydrogen-bond donors (Lipinski definition) is 2. The van der Waals surface area contributed by atoms with Crippen LogP contribution in [0.4, 0.5) is 5.69 Å². The van der Waals surface area contributed by atoms with Gasteiger partial charge in [-0.1, -0.05) is 37.8 Å². The molecule has 0 heterocycles. The molecule has 0 unspecified atom stereocenters. The number of carbonyl (C=O) groups is 1. The Morgan fingerprint density at radius 1 is 1.35 bits per heavy atom. The first-order valence-electron chi connectivity index (χ1n) is 5.92. The van der Waals surface area contributed by atoms with Crippen LogP contribution in [0.1, 0.15) is 43.0 Å². The van der Waals surface area contributed by atoms with E-state index in [0.717, 1.165) is 13.0 Å². The number of benzene rings is 1. The van der Waals surface area contributed by atoms with E-state index in [-0.39, 0.29) is 5.56 Å². The Kier molecular flexibility index (Phi) is 5.84. The third kappa shape index (κ3) is 4.65. The molecule has 0 radical (unpaired) electrons. The van der Waals surface area contributed by atoms with Crippen molar-refractivity contribution in [3.8, 4) is 0 Å². The number of anilines is 1. The molecule has 3 nitrogen and oxygen atoms in total. The maximum Gasteiger partial charge on any atom is 0.337 e. The molecule has 4 heteroatoms. The molecule has 0 spiro atoms. The summed E-state index contributed by atoms with van der Waals surface area (Å²) in [7, 11) is 0. The van der Waals surface area contributed by atoms with Crippen molar-refractivity contribution in [1.29, 1.82) is 0 Å². The number of hydrogen-bond acceptors (Lipinski definition) is 2. The third-order valence-electron chi connectivity index (χ3n) is 2.56. The minimum Gasteiger partial charge on any atom is -0.478 e. The van der Waals surface area contributed by atoms with Crippen LogP contribution in [0.5, 0.6) is 0 Å². The highest BCUT2D eigenvalue weighted by Gasteiger charge is 2.09. The largest absolute Gasteiger partial charge is 0.478 e. The molecule has 94 valence electrons. The number of carboxylic acid groups (broad SMARTS) is 1. The van der Waals surface area contributed by atoms with Crippen molar-refractivity contribution in [3.05, 3.63) is 28.8 Å². The molecule has 0 aliphatic carbocycles. The number of unbranched alkanes of at least 4 members (excludes halogenated alkanes) is 3. The van der Waals surface area contributed by atoms with Crippen LogP contribution < -0.4 is 5.32 Å². The molecule has 0 aliphatic heterocycles. The van der Waals surface area contributed by atoms with Gasteiger partial charge in [-0.05, 0) is 24.6 Å². The molecule has 1 rings (SSSR count). The predicted molar refractivity (Wildman–Crippen MR) is 71.0 cm³/mol. The minimum atomic E-state index is -0.955. The topological polar surface area (TPSA) is 49.3 Å². The van der Waals surface area contributed by atoms with E-state index >= 15 is 0 Å². The van der Waals surface area contributed by atoms with E-state index in [4.69, 9.17) is 16.7 Å². The first-order valence-corrected chi connectivity index (χ1v) is 6.29. The van der Waals surface area contributed by atoms with Gasteiger partial charge >= 0.3 is 5.97 Å². The Balaban J connectivity index is 2.55. The van der Waals surface area contributed by atoms with Gasteiger partial charge in [-0.25, -0.2) is 4.79 Å². The van der Waals surface area contributed by atoms with Crippen LogP contribution in [0.3, 0.4) is 0 Å². The fourth-order valence-electron chi connectivity index (χ4n) is 1.62. The van der Waals surface area contributed by atoms with Gasteiger partial charge in [0.25, 0.3) is 0 Å². The highest BCUT2D eigenvalue weighted by atomic mass is 35.5. The van der Waals surface area contributed by atoms with Gasteiger partial charge in [0, 0.05) is 17.3 Å². The minimum absolute atomic E-state index is 0.230. The van der Waals surface area contributed by atoms with Crippen LogP contribution in [-0.4, -0.2) is 17.6 Å². The van der Waals surface area contributed by atoms with Gasteiger partial charge in [-0.2, -0.15) is 0 Å². The van der Waals surface area contributed by atoms with Gasteiger partial charge in [0.05, 0.1) is 5.56 Å². The lowest BCUT2D eigenvalue weighted by molar-refractivity contribution is 0.0698. The summed E-state index contributed by atoms with van der Waals surface area (Å²) in [6.07, 6.45) is 4.63. The van der Waals surface area contributed by atoms with Gasteiger partial charge in [-0.15, -0.1) is 0 Å². The molecule has 0 atom stereocenters. The first-order chi connectivity index (χ1) is 8.15. The standard InChI is InChI=1S/C13H18ClNO2/c1-2-3-4-5-8-15-12-7-6-10(14)9-11(12)13(16)17/h6-7,9,15H,2-5,8H2,1H3,(H,16,17). The summed E-state index contributed by atoms with van der Waals surface area (Å²) in [5.41, 5.74) is 0.867. The van der Waals surface area contributed by atoms with E-state index in [2.05, 4.69) is 12.2 Å². The molecule has 1 aromatic rings. The summed E-state index contributed by atoms with van der Waals surface area (Å²) in [6.45, 7) is 2.96. The van der Waals surface area contributed by atoms with Crippen molar-refractivity contribution in [3.63, 3.8) is 0 Å². The molecule has 1 aromatic carbocycles. The summed E-state index contributed by atoms with van der Waals surface area (Å²) in [5, 5.41) is 12.6. The summed E-state index contributed by atoms with van der Waals surface area (Å²) < 4.78 is 0. The lowest BCUT2D eigenvalue weighted by Crippen LogP contribution is -2.07. The maximum absolute atomic E-state index is 11.0. The van der Waals surface area contributed by atoms with Crippen LogP contribution >= 0.6 is 11.6 Å². The second-order valence-electron chi connectivity index (χ2n) is 3.98. The van der Waals surface area contributed by atoms with Gasteiger partial charge < -0.3 is 10.4 Å².